The quantitative estimate of drug-likeness (QED) is 0.641. The highest BCUT2D eigenvalue weighted by molar-refractivity contribution is 6.31. The van der Waals surface area contributed by atoms with E-state index in [1.807, 2.05) is 0 Å². The van der Waals surface area contributed by atoms with Crippen LogP contribution in [-0.2, 0) is 7.05 Å². The van der Waals surface area contributed by atoms with Crippen LogP contribution in [-0.4, -0.2) is 32.3 Å². The number of rotatable bonds is 3. The lowest BCUT2D eigenvalue weighted by Crippen LogP contribution is -2.35. The van der Waals surface area contributed by atoms with Gasteiger partial charge in [-0.25, -0.2) is 4.39 Å². The van der Waals surface area contributed by atoms with E-state index in [1.165, 1.54) is 12.1 Å². The molecular weight excluding hydrogens is 383 g/mol. The second-order valence-electron chi connectivity index (χ2n) is 6.96. The first-order valence-electron chi connectivity index (χ1n) is 9.26. The van der Waals surface area contributed by atoms with Crippen molar-refractivity contribution in [3.8, 4) is 11.3 Å². The Labute approximate surface area is 166 Å². The van der Waals surface area contributed by atoms with Crippen LogP contribution in [0.5, 0.6) is 0 Å². The Bertz CT molecular complexity index is 1000. The topological polar surface area (TPSA) is 64.2 Å². The van der Waals surface area contributed by atoms with Crippen molar-refractivity contribution >= 4 is 17.5 Å². The van der Waals surface area contributed by atoms with Crippen molar-refractivity contribution in [1.29, 1.82) is 0 Å². The fourth-order valence-corrected chi connectivity index (χ4v) is 3.96. The Balaban J connectivity index is 1.65. The third-order valence-corrected chi connectivity index (χ3v) is 5.30. The molecule has 1 fully saturated rings. The van der Waals surface area contributed by atoms with E-state index in [4.69, 9.17) is 16.1 Å². The molecule has 28 heavy (non-hydrogen) atoms. The molecule has 3 aromatic rings. The summed E-state index contributed by atoms with van der Waals surface area (Å²) in [5.41, 5.74) is 1.28. The molecule has 0 radical (unpaired) electrons. The predicted octanol–water partition coefficient (Wildman–Crippen LogP) is 4.63. The molecule has 4 rings (SSSR count). The average Bonchev–Trinajstić information content (AvgIpc) is 3.20. The van der Waals surface area contributed by atoms with E-state index in [0.717, 1.165) is 25.7 Å². The average molecular weight is 403 g/mol. The molecule has 8 heteroatoms. The third-order valence-electron chi connectivity index (χ3n) is 5.01. The second kappa shape index (κ2) is 7.75. The number of hydrogen-bond donors (Lipinski definition) is 0. The van der Waals surface area contributed by atoms with E-state index >= 15 is 0 Å². The number of hydrogen-bond acceptors (Lipinski definition) is 4. The van der Waals surface area contributed by atoms with Gasteiger partial charge in [-0.15, -0.1) is 0 Å². The van der Waals surface area contributed by atoms with Crippen molar-refractivity contribution in [3.05, 3.63) is 58.8 Å². The van der Waals surface area contributed by atoms with E-state index in [0.29, 0.717) is 28.5 Å². The maximum atomic E-state index is 14.0. The van der Waals surface area contributed by atoms with Gasteiger partial charge in [-0.1, -0.05) is 41.7 Å². The summed E-state index contributed by atoms with van der Waals surface area (Å²) in [4.78, 5) is 14.9. The van der Waals surface area contributed by atoms with Crippen molar-refractivity contribution in [1.82, 2.24) is 19.8 Å². The zero-order chi connectivity index (χ0) is 19.7. The van der Waals surface area contributed by atoms with Crippen LogP contribution < -0.4 is 0 Å². The van der Waals surface area contributed by atoms with Gasteiger partial charge < -0.3 is 9.42 Å². The van der Waals surface area contributed by atoms with Gasteiger partial charge in [0.2, 0.25) is 5.76 Å². The highest BCUT2D eigenvalue weighted by Gasteiger charge is 2.32. The maximum Gasteiger partial charge on any atom is 0.293 e. The SMILES string of the molecule is Cn1cc(Cl)c(C2CCCCCN2C(=O)c2cc(-c3ccccc3F)no2)n1. The summed E-state index contributed by atoms with van der Waals surface area (Å²) < 4.78 is 21.0. The molecule has 1 aliphatic rings. The first kappa shape index (κ1) is 18.7. The molecular formula is C20H20ClFN4O2. The third kappa shape index (κ3) is 3.54. The predicted molar refractivity (Wildman–Crippen MR) is 102 cm³/mol. The summed E-state index contributed by atoms with van der Waals surface area (Å²) in [6.07, 6.45) is 5.41. The normalized spacial score (nSPS) is 17.5. The van der Waals surface area contributed by atoms with Crippen LogP contribution in [0.25, 0.3) is 11.3 Å². The maximum absolute atomic E-state index is 14.0. The van der Waals surface area contributed by atoms with E-state index in [2.05, 4.69) is 10.3 Å². The van der Waals surface area contributed by atoms with Gasteiger partial charge in [-0.05, 0) is 25.0 Å². The summed E-state index contributed by atoms with van der Waals surface area (Å²) >= 11 is 6.35. The number of carbonyl (C=O) groups is 1. The van der Waals surface area contributed by atoms with Crippen LogP contribution in [0, 0.1) is 5.82 Å². The molecule has 6 nitrogen and oxygen atoms in total. The molecule has 0 saturated carbocycles. The number of aryl methyl sites for hydroxylation is 1. The van der Waals surface area contributed by atoms with Crippen molar-refractivity contribution in [3.63, 3.8) is 0 Å². The summed E-state index contributed by atoms with van der Waals surface area (Å²) in [5, 5.41) is 8.90. The largest absolute Gasteiger partial charge is 0.350 e. The van der Waals surface area contributed by atoms with Crippen molar-refractivity contribution in [2.75, 3.05) is 6.54 Å². The Morgan fingerprint density at radius 1 is 1.29 bits per heavy atom. The number of likely N-dealkylation sites (tertiary alicyclic amines) is 1. The lowest BCUT2D eigenvalue weighted by Gasteiger charge is -2.28. The zero-order valence-corrected chi connectivity index (χ0v) is 16.2. The lowest BCUT2D eigenvalue weighted by atomic mass is 10.1. The molecule has 2 aromatic heterocycles. The van der Waals surface area contributed by atoms with Crippen molar-refractivity contribution < 1.29 is 13.7 Å². The molecule has 0 spiro atoms. The minimum absolute atomic E-state index is 0.0807. The highest BCUT2D eigenvalue weighted by Crippen LogP contribution is 2.34. The molecule has 3 heterocycles. The van der Waals surface area contributed by atoms with Gasteiger partial charge in [0.1, 0.15) is 17.2 Å². The van der Waals surface area contributed by atoms with Crippen LogP contribution in [0.3, 0.4) is 0 Å². The molecule has 0 bridgehead atoms. The van der Waals surface area contributed by atoms with Gasteiger partial charge in [-0.3, -0.25) is 9.48 Å². The van der Waals surface area contributed by atoms with Gasteiger partial charge in [0.05, 0.1) is 11.1 Å². The highest BCUT2D eigenvalue weighted by atomic mass is 35.5. The summed E-state index contributed by atoms with van der Waals surface area (Å²) in [7, 11) is 1.80. The number of halogens is 2. The van der Waals surface area contributed by atoms with Gasteiger partial charge in [-0.2, -0.15) is 5.10 Å². The molecule has 146 valence electrons. The first-order valence-corrected chi connectivity index (χ1v) is 9.64. The first-order chi connectivity index (χ1) is 13.5. The van der Waals surface area contributed by atoms with Gasteiger partial charge in [0.25, 0.3) is 5.91 Å². The molecule has 0 aliphatic carbocycles. The van der Waals surface area contributed by atoms with Crippen LogP contribution >= 0.6 is 11.6 Å². The lowest BCUT2D eigenvalue weighted by molar-refractivity contribution is 0.0634. The summed E-state index contributed by atoms with van der Waals surface area (Å²) in [6.45, 7) is 0.576. The molecule has 0 N–H and O–H groups in total. The Kier molecular flexibility index (Phi) is 5.17. The summed E-state index contributed by atoms with van der Waals surface area (Å²) in [5.74, 6) is -0.622. The Morgan fingerprint density at radius 3 is 2.86 bits per heavy atom. The number of benzene rings is 1. The molecule has 1 atom stereocenters. The van der Waals surface area contributed by atoms with Crippen molar-refractivity contribution in [2.24, 2.45) is 7.05 Å². The van der Waals surface area contributed by atoms with Gasteiger partial charge >= 0.3 is 0 Å². The molecule has 1 saturated heterocycles. The number of nitrogens with zero attached hydrogens (tertiary/aromatic N) is 4. The number of amides is 1. The van der Waals surface area contributed by atoms with E-state index in [9.17, 15) is 9.18 Å². The van der Waals surface area contributed by atoms with Gasteiger partial charge in [0, 0.05) is 31.4 Å². The molecule has 1 aliphatic heterocycles. The Morgan fingerprint density at radius 2 is 2.11 bits per heavy atom. The van der Waals surface area contributed by atoms with Crippen LogP contribution in [0.15, 0.2) is 41.1 Å². The van der Waals surface area contributed by atoms with E-state index < -0.39 is 5.82 Å². The minimum Gasteiger partial charge on any atom is -0.350 e. The van der Waals surface area contributed by atoms with E-state index in [-0.39, 0.29) is 17.7 Å². The van der Waals surface area contributed by atoms with Crippen LogP contribution in [0.2, 0.25) is 5.02 Å². The van der Waals surface area contributed by atoms with E-state index in [1.54, 1.807) is 41.0 Å². The number of aromatic nitrogens is 3. The standard InChI is InChI=1S/C20H20ClFN4O2/c1-25-12-14(21)19(23-25)17-9-3-2-6-10-26(17)20(27)18-11-16(24-28-18)13-7-4-5-8-15(13)22/h4-5,7-8,11-12,17H,2-3,6,9-10H2,1H3. The minimum atomic E-state index is -0.414. The van der Waals surface area contributed by atoms with Gasteiger partial charge in [0.15, 0.2) is 0 Å². The Hall–Kier alpha value is -2.67. The fourth-order valence-electron chi connectivity index (χ4n) is 3.65. The fraction of sp³-hybridized carbons (Fsp3) is 0.350. The second-order valence-corrected chi connectivity index (χ2v) is 7.36. The monoisotopic (exact) mass is 402 g/mol. The molecule has 1 unspecified atom stereocenters. The number of carbonyl (C=O) groups excluding carboxylic acids is 1. The molecule has 1 amide bonds. The smallest absolute Gasteiger partial charge is 0.293 e. The van der Waals surface area contributed by atoms with Crippen LogP contribution in [0.4, 0.5) is 4.39 Å². The van der Waals surface area contributed by atoms with Crippen molar-refractivity contribution in [2.45, 2.75) is 31.7 Å². The van der Waals surface area contributed by atoms with Crippen LogP contribution in [0.1, 0.15) is 48.0 Å². The zero-order valence-electron chi connectivity index (χ0n) is 15.4. The molecule has 1 aromatic carbocycles. The summed E-state index contributed by atoms with van der Waals surface area (Å²) in [6, 6.07) is 7.52.